The summed E-state index contributed by atoms with van der Waals surface area (Å²) < 4.78 is 0.769. The molecule has 0 saturated carbocycles. The molecule has 0 atom stereocenters. The second kappa shape index (κ2) is 8.34. The SMILES string of the molecule is CC/C=C/CCCCC(=O)NC[N+](C)(C)C. The first-order valence-electron chi connectivity index (χ1n) is 6.18. The lowest BCUT2D eigenvalue weighted by Crippen LogP contribution is -2.45. The number of hydrogen-bond acceptors (Lipinski definition) is 1. The van der Waals surface area contributed by atoms with E-state index in [1.54, 1.807) is 0 Å². The molecule has 0 bridgehead atoms. The number of unbranched alkanes of at least 4 members (excludes halogenated alkanes) is 2. The van der Waals surface area contributed by atoms with Crippen LogP contribution in [0.1, 0.15) is 39.0 Å². The Kier molecular flexibility index (Phi) is 7.90. The van der Waals surface area contributed by atoms with Gasteiger partial charge in [0, 0.05) is 6.42 Å². The summed E-state index contributed by atoms with van der Waals surface area (Å²) in [4.78, 5) is 11.4. The lowest BCUT2D eigenvalue weighted by atomic mass is 10.2. The Labute approximate surface area is 100 Å². The zero-order valence-corrected chi connectivity index (χ0v) is 11.3. The van der Waals surface area contributed by atoms with Crippen LogP contribution in [-0.2, 0) is 4.79 Å². The van der Waals surface area contributed by atoms with E-state index in [2.05, 4.69) is 45.5 Å². The molecule has 0 aliphatic rings. The fourth-order valence-electron chi connectivity index (χ4n) is 1.25. The molecular weight excluding hydrogens is 200 g/mol. The normalized spacial score (nSPS) is 12.0. The van der Waals surface area contributed by atoms with Crippen molar-refractivity contribution in [1.29, 1.82) is 0 Å². The third kappa shape index (κ3) is 11.2. The highest BCUT2D eigenvalue weighted by Crippen LogP contribution is 2.01. The maximum Gasteiger partial charge on any atom is 0.224 e. The van der Waals surface area contributed by atoms with E-state index in [1.165, 1.54) is 0 Å². The van der Waals surface area contributed by atoms with Crippen LogP contribution in [0, 0.1) is 0 Å². The van der Waals surface area contributed by atoms with Crippen molar-refractivity contribution >= 4 is 5.91 Å². The van der Waals surface area contributed by atoms with Crippen LogP contribution in [0.2, 0.25) is 0 Å². The zero-order chi connectivity index (χ0) is 12.4. The first-order chi connectivity index (χ1) is 7.45. The van der Waals surface area contributed by atoms with Gasteiger partial charge in [0.1, 0.15) is 0 Å². The molecule has 0 aliphatic carbocycles. The Morgan fingerprint density at radius 2 is 1.88 bits per heavy atom. The molecule has 0 unspecified atom stereocenters. The first-order valence-corrected chi connectivity index (χ1v) is 6.18. The van der Waals surface area contributed by atoms with Crippen LogP contribution in [-0.4, -0.2) is 38.2 Å². The van der Waals surface area contributed by atoms with Crippen LogP contribution in [0.25, 0.3) is 0 Å². The highest BCUT2D eigenvalue weighted by atomic mass is 16.1. The summed E-state index contributed by atoms with van der Waals surface area (Å²) in [5.41, 5.74) is 0. The van der Waals surface area contributed by atoms with Gasteiger partial charge in [-0.05, 0) is 25.7 Å². The molecule has 3 heteroatoms. The van der Waals surface area contributed by atoms with Crippen molar-refractivity contribution in [2.24, 2.45) is 0 Å². The van der Waals surface area contributed by atoms with Crippen LogP contribution in [0.5, 0.6) is 0 Å². The molecule has 0 rings (SSSR count). The monoisotopic (exact) mass is 227 g/mol. The van der Waals surface area contributed by atoms with E-state index >= 15 is 0 Å². The average Bonchev–Trinajstić information content (AvgIpc) is 2.19. The molecule has 0 radical (unpaired) electrons. The lowest BCUT2D eigenvalue weighted by molar-refractivity contribution is -0.872. The molecule has 0 aliphatic heterocycles. The Morgan fingerprint density at radius 1 is 1.19 bits per heavy atom. The number of nitrogens with zero attached hydrogens (tertiary/aromatic N) is 1. The standard InChI is InChI=1S/C13H26N2O/c1-5-6-7-8-9-10-11-13(16)14-12-15(2,3)4/h6-7H,5,8-12H2,1-4H3/p+1/b7-6+. The number of hydrogen-bond donors (Lipinski definition) is 1. The van der Waals surface area contributed by atoms with Gasteiger partial charge in [0.25, 0.3) is 0 Å². The molecule has 0 aromatic carbocycles. The molecule has 0 spiro atoms. The number of allylic oxidation sites excluding steroid dienone is 2. The van der Waals surface area contributed by atoms with E-state index in [9.17, 15) is 4.79 Å². The topological polar surface area (TPSA) is 29.1 Å². The number of nitrogens with one attached hydrogen (secondary N) is 1. The summed E-state index contributed by atoms with van der Waals surface area (Å²) in [5.74, 6) is 0.174. The summed E-state index contributed by atoms with van der Waals surface area (Å²) >= 11 is 0. The summed E-state index contributed by atoms with van der Waals surface area (Å²) in [5, 5.41) is 2.94. The summed E-state index contributed by atoms with van der Waals surface area (Å²) in [6.45, 7) is 2.84. The molecule has 16 heavy (non-hydrogen) atoms. The van der Waals surface area contributed by atoms with Crippen molar-refractivity contribution in [3.05, 3.63) is 12.2 Å². The molecule has 1 N–H and O–H groups in total. The van der Waals surface area contributed by atoms with Gasteiger partial charge in [-0.1, -0.05) is 19.1 Å². The maximum absolute atomic E-state index is 11.4. The van der Waals surface area contributed by atoms with Crippen molar-refractivity contribution in [3.63, 3.8) is 0 Å². The van der Waals surface area contributed by atoms with Crippen molar-refractivity contribution in [3.8, 4) is 0 Å². The minimum absolute atomic E-state index is 0.174. The predicted octanol–water partition coefficient (Wildman–Crippen LogP) is 2.29. The van der Waals surface area contributed by atoms with Gasteiger partial charge in [-0.25, -0.2) is 0 Å². The molecule has 0 saturated heterocycles. The summed E-state index contributed by atoms with van der Waals surface area (Å²) in [6, 6.07) is 0. The number of carbonyl (C=O) groups is 1. The number of quaternary nitrogens is 1. The predicted molar refractivity (Wildman–Crippen MR) is 68.9 cm³/mol. The van der Waals surface area contributed by atoms with E-state index in [1.807, 2.05) is 0 Å². The second-order valence-corrected chi connectivity index (χ2v) is 5.17. The molecule has 0 fully saturated rings. The van der Waals surface area contributed by atoms with E-state index < -0.39 is 0 Å². The quantitative estimate of drug-likeness (QED) is 0.293. The van der Waals surface area contributed by atoms with Gasteiger partial charge in [-0.3, -0.25) is 4.79 Å². The molecular formula is C13H27N2O+. The largest absolute Gasteiger partial charge is 0.314 e. The summed E-state index contributed by atoms with van der Waals surface area (Å²) in [7, 11) is 6.20. The number of carbonyl (C=O) groups excluding carboxylic acids is 1. The van der Waals surface area contributed by atoms with Crippen molar-refractivity contribution in [2.45, 2.75) is 39.0 Å². The third-order valence-corrected chi connectivity index (χ3v) is 2.18. The van der Waals surface area contributed by atoms with Gasteiger partial charge in [-0.2, -0.15) is 0 Å². The minimum atomic E-state index is 0.174. The molecule has 0 aromatic heterocycles. The molecule has 0 aromatic rings. The maximum atomic E-state index is 11.4. The molecule has 1 amide bonds. The van der Waals surface area contributed by atoms with E-state index in [4.69, 9.17) is 0 Å². The lowest BCUT2D eigenvalue weighted by Gasteiger charge is -2.23. The van der Waals surface area contributed by atoms with Crippen molar-refractivity contribution < 1.29 is 9.28 Å². The van der Waals surface area contributed by atoms with Crippen molar-refractivity contribution in [2.75, 3.05) is 27.8 Å². The Balaban J connectivity index is 3.41. The Hall–Kier alpha value is -0.830. The highest BCUT2D eigenvalue weighted by Gasteiger charge is 2.08. The van der Waals surface area contributed by atoms with Crippen LogP contribution in [0.4, 0.5) is 0 Å². The van der Waals surface area contributed by atoms with Gasteiger partial charge < -0.3 is 9.80 Å². The van der Waals surface area contributed by atoms with Gasteiger partial charge in [-0.15, -0.1) is 0 Å². The fourth-order valence-corrected chi connectivity index (χ4v) is 1.25. The first kappa shape index (κ1) is 15.2. The number of rotatable bonds is 8. The van der Waals surface area contributed by atoms with Crippen molar-refractivity contribution in [1.82, 2.24) is 5.32 Å². The van der Waals surface area contributed by atoms with E-state index in [0.29, 0.717) is 13.1 Å². The highest BCUT2D eigenvalue weighted by molar-refractivity contribution is 5.75. The number of amides is 1. The molecule has 3 nitrogen and oxygen atoms in total. The average molecular weight is 227 g/mol. The third-order valence-electron chi connectivity index (χ3n) is 2.18. The minimum Gasteiger partial charge on any atom is -0.314 e. The smallest absolute Gasteiger partial charge is 0.224 e. The summed E-state index contributed by atoms with van der Waals surface area (Å²) in [6.07, 6.45) is 9.31. The molecule has 0 heterocycles. The van der Waals surface area contributed by atoms with Crippen LogP contribution >= 0.6 is 0 Å². The molecule has 94 valence electrons. The van der Waals surface area contributed by atoms with Gasteiger partial charge in [0.2, 0.25) is 5.91 Å². The Bertz CT molecular complexity index is 216. The van der Waals surface area contributed by atoms with Gasteiger partial charge in [0.05, 0.1) is 21.1 Å². The van der Waals surface area contributed by atoms with Crippen LogP contribution < -0.4 is 5.32 Å². The van der Waals surface area contributed by atoms with E-state index in [-0.39, 0.29) is 5.91 Å². The zero-order valence-electron chi connectivity index (χ0n) is 11.3. The van der Waals surface area contributed by atoms with Gasteiger partial charge >= 0.3 is 0 Å². The second-order valence-electron chi connectivity index (χ2n) is 5.17. The van der Waals surface area contributed by atoms with Gasteiger partial charge in [0.15, 0.2) is 6.67 Å². The fraction of sp³-hybridized carbons (Fsp3) is 0.769. The van der Waals surface area contributed by atoms with Crippen LogP contribution in [0.3, 0.4) is 0 Å². The van der Waals surface area contributed by atoms with Crippen LogP contribution in [0.15, 0.2) is 12.2 Å². The van der Waals surface area contributed by atoms with E-state index in [0.717, 1.165) is 30.2 Å². The Morgan fingerprint density at radius 3 is 2.44 bits per heavy atom.